The molecule has 13 nitrogen and oxygen atoms in total. The summed E-state index contributed by atoms with van der Waals surface area (Å²) in [6.45, 7) is 23.8. The van der Waals surface area contributed by atoms with Gasteiger partial charge in [-0.15, -0.1) is 0 Å². The number of nitrogens with zero attached hydrogens (tertiary/aromatic N) is 4. The van der Waals surface area contributed by atoms with Crippen molar-refractivity contribution in [2.45, 2.75) is 125 Å². The number of thiol groups is 1. The molecular weight excluding hydrogens is 813 g/mol. The number of carboxylic acid groups (broad SMARTS) is 1. The van der Waals surface area contributed by atoms with E-state index in [1.165, 1.54) is 24.4 Å². The molecule has 0 saturated heterocycles. The Morgan fingerprint density at radius 3 is 2.41 bits per heavy atom. The van der Waals surface area contributed by atoms with Crippen molar-refractivity contribution in [3.05, 3.63) is 66.1 Å². The fraction of sp³-hybridized carbons (Fsp3) is 0.653. The van der Waals surface area contributed by atoms with E-state index in [9.17, 15) is 9.59 Å². The molecule has 0 bridgehead atoms. The summed E-state index contributed by atoms with van der Waals surface area (Å²) in [4.78, 5) is 37.1. The van der Waals surface area contributed by atoms with Crippen LogP contribution in [0.4, 0.5) is 11.6 Å². The zero-order valence-corrected chi connectivity index (χ0v) is 41.1. The average molecular weight is 897 g/mol. The highest BCUT2D eigenvalue weighted by Crippen LogP contribution is 2.24. The van der Waals surface area contributed by atoms with Crippen LogP contribution in [-0.2, 0) is 27.2 Å². The Balaban J connectivity index is 0.000000513. The number of carbonyl (C=O) groups is 2. The first-order chi connectivity index (χ1) is 30.0. The number of nitrogen functional groups attached to an aromatic ring is 1. The van der Waals surface area contributed by atoms with Crippen LogP contribution in [0.25, 0.3) is 10.9 Å². The van der Waals surface area contributed by atoms with Crippen molar-refractivity contribution in [2.24, 2.45) is 17.3 Å². The quantitative estimate of drug-likeness (QED) is 0.0177. The molecule has 3 aromatic rings. The van der Waals surface area contributed by atoms with Crippen LogP contribution in [0.3, 0.4) is 0 Å². The van der Waals surface area contributed by atoms with Crippen molar-refractivity contribution in [1.82, 2.24) is 30.5 Å². The van der Waals surface area contributed by atoms with Crippen LogP contribution < -0.4 is 21.7 Å². The Kier molecular flexibility index (Phi) is 30.0. The minimum atomic E-state index is -0.928. The molecule has 2 aromatic heterocycles. The van der Waals surface area contributed by atoms with E-state index in [2.05, 4.69) is 83.3 Å². The summed E-state index contributed by atoms with van der Waals surface area (Å²) < 4.78 is 5.90. The van der Waals surface area contributed by atoms with Crippen LogP contribution in [0.1, 0.15) is 118 Å². The highest BCUT2D eigenvalue weighted by Gasteiger charge is 2.21. The lowest BCUT2D eigenvalue weighted by Gasteiger charge is -2.29. The summed E-state index contributed by atoms with van der Waals surface area (Å²) >= 11 is 3.53. The first-order valence-corrected chi connectivity index (χ1v) is 23.9. The predicted octanol–water partition coefficient (Wildman–Crippen LogP) is 8.23. The molecule has 1 aromatic carbocycles. The number of unbranched alkanes of at least 4 members (excludes halogenated alkanes) is 3. The Hall–Kier alpha value is -3.66. The van der Waals surface area contributed by atoms with Gasteiger partial charge in [0.2, 0.25) is 0 Å². The van der Waals surface area contributed by atoms with Crippen molar-refractivity contribution in [2.75, 3.05) is 76.5 Å². The van der Waals surface area contributed by atoms with Gasteiger partial charge in [-0.05, 0) is 120 Å². The van der Waals surface area contributed by atoms with E-state index in [4.69, 9.17) is 25.7 Å². The Labute approximate surface area is 385 Å². The molecule has 0 radical (unpaired) electrons. The molecular formula is C49H84N8O5S. The number of anilines is 2. The maximum Gasteiger partial charge on any atom is 0.328 e. The third-order valence-corrected chi connectivity index (χ3v) is 11.2. The third kappa shape index (κ3) is 26.0. The molecule has 0 aliphatic carbocycles. The number of fused-ring (bicyclic) bond motifs is 2. The molecule has 14 heteroatoms. The van der Waals surface area contributed by atoms with Crippen LogP contribution in [0.5, 0.6) is 0 Å². The van der Waals surface area contributed by atoms with Crippen LogP contribution >= 0.6 is 12.6 Å². The van der Waals surface area contributed by atoms with Gasteiger partial charge in [0.05, 0.1) is 17.7 Å². The minimum Gasteiger partial charge on any atom is -0.478 e. The molecule has 3 heterocycles. The lowest BCUT2D eigenvalue weighted by atomic mass is 9.81. The molecule has 7 N–H and O–H groups in total. The van der Waals surface area contributed by atoms with E-state index in [0.29, 0.717) is 42.5 Å². The Morgan fingerprint density at radius 1 is 0.984 bits per heavy atom. The summed E-state index contributed by atoms with van der Waals surface area (Å²) in [5.74, 6) is 1.94. The Bertz CT molecular complexity index is 1720. The number of rotatable bonds is 26. The SMILES string of the molecule is CC(C)(CCO)OCCN(C/C=C/C(=O)O)CCCCc1ccc2c(n1)NCCC2.CC(C)C(=O)CCCCCNCNCC(C)(C)C(C)C.CS.Nc1ncnc2ccccc12. The molecule has 1 aliphatic heterocycles. The number of benzene rings is 1. The summed E-state index contributed by atoms with van der Waals surface area (Å²) in [5, 5.41) is 29.1. The van der Waals surface area contributed by atoms with E-state index in [0.717, 1.165) is 113 Å². The number of aliphatic hydroxyl groups is 1. The average Bonchev–Trinajstić information content (AvgIpc) is 3.25. The number of hydrogen-bond donors (Lipinski definition) is 7. The number of Topliss-reactive ketones (excluding diaryl/α,β-unsaturated/α-hetero) is 1. The largest absolute Gasteiger partial charge is 0.478 e. The number of nitrogens with two attached hydrogens (primary N) is 1. The first-order valence-electron chi connectivity index (χ1n) is 23.0. The molecule has 0 saturated carbocycles. The number of ether oxygens (including phenoxy) is 1. The molecule has 0 unspecified atom stereocenters. The zero-order chi connectivity index (χ0) is 47.1. The topological polar surface area (TPSA) is 188 Å². The second-order valence-corrected chi connectivity index (χ2v) is 17.9. The van der Waals surface area contributed by atoms with E-state index >= 15 is 0 Å². The lowest BCUT2D eigenvalue weighted by molar-refractivity contribution is -0.131. The summed E-state index contributed by atoms with van der Waals surface area (Å²) in [5.41, 5.74) is 8.91. The first kappa shape index (κ1) is 57.4. The normalized spacial score (nSPS) is 12.5. The van der Waals surface area contributed by atoms with Gasteiger partial charge in [-0.3, -0.25) is 9.69 Å². The highest BCUT2D eigenvalue weighted by molar-refractivity contribution is 7.79. The summed E-state index contributed by atoms with van der Waals surface area (Å²) in [6, 6.07) is 12.0. The van der Waals surface area contributed by atoms with Crippen molar-refractivity contribution >= 4 is 46.9 Å². The number of aliphatic carboxylic acids is 1. The van der Waals surface area contributed by atoms with Crippen LogP contribution in [-0.4, -0.2) is 113 Å². The van der Waals surface area contributed by atoms with Crippen LogP contribution in [0, 0.1) is 17.3 Å². The van der Waals surface area contributed by atoms with E-state index < -0.39 is 5.97 Å². The number of carboxylic acids is 1. The number of ketones is 1. The molecule has 1 aliphatic rings. The monoisotopic (exact) mass is 897 g/mol. The van der Waals surface area contributed by atoms with Crippen molar-refractivity contribution in [3.63, 3.8) is 0 Å². The van der Waals surface area contributed by atoms with E-state index in [1.54, 1.807) is 12.3 Å². The van der Waals surface area contributed by atoms with Gasteiger partial charge in [0, 0.05) is 68.9 Å². The zero-order valence-electron chi connectivity index (χ0n) is 40.2. The third-order valence-electron chi connectivity index (χ3n) is 11.2. The maximum absolute atomic E-state index is 11.4. The van der Waals surface area contributed by atoms with Crippen molar-refractivity contribution < 1.29 is 24.5 Å². The van der Waals surface area contributed by atoms with Gasteiger partial charge in [0.1, 0.15) is 23.7 Å². The number of para-hydroxylation sites is 1. The number of pyridine rings is 1. The van der Waals surface area contributed by atoms with E-state index in [-0.39, 0.29) is 18.1 Å². The van der Waals surface area contributed by atoms with Crippen molar-refractivity contribution in [1.29, 1.82) is 0 Å². The molecule has 63 heavy (non-hydrogen) atoms. The second kappa shape index (κ2) is 32.9. The number of aryl methyl sites for hydroxylation is 2. The Morgan fingerprint density at radius 2 is 1.73 bits per heavy atom. The van der Waals surface area contributed by atoms with Gasteiger partial charge in [-0.25, -0.2) is 19.7 Å². The number of aliphatic hydroxyl groups excluding tert-OH is 1. The number of aromatic nitrogens is 3. The highest BCUT2D eigenvalue weighted by atomic mass is 32.1. The minimum absolute atomic E-state index is 0.102. The van der Waals surface area contributed by atoms with Gasteiger partial charge in [-0.2, -0.15) is 12.6 Å². The van der Waals surface area contributed by atoms with Crippen LogP contribution in [0.15, 0.2) is 54.9 Å². The molecule has 356 valence electrons. The molecule has 0 amide bonds. The van der Waals surface area contributed by atoms with Crippen molar-refractivity contribution in [3.8, 4) is 0 Å². The predicted molar refractivity (Wildman–Crippen MR) is 266 cm³/mol. The fourth-order valence-electron chi connectivity index (χ4n) is 6.34. The van der Waals surface area contributed by atoms with Gasteiger partial charge >= 0.3 is 5.97 Å². The second-order valence-electron chi connectivity index (χ2n) is 17.9. The molecule has 4 rings (SSSR count). The number of carbonyl (C=O) groups excluding carboxylic acids is 1. The summed E-state index contributed by atoms with van der Waals surface area (Å²) in [6.07, 6.45) is 15.9. The standard InChI is InChI=1S/C23H37N3O4.C17H36N2O.C8H7N3.CH4S/c1-23(2,12-17-27)30-18-16-26(15-6-9-21(28)29)14-4-3-8-20-11-10-19-7-5-13-24-22(19)25-20;1-14(2)16(20)10-8-7-9-11-18-13-19-12-17(5,6)15(3)4;9-8-6-3-1-2-4-7(6)10-5-11-8;1-2/h6,9-11,27H,3-5,7-8,12-18H2,1-2H3,(H,24,25)(H,28,29);14-15,18-19H,7-13H2,1-6H3;1-5H,(H2,9,10,11);2H,1H3/b9-6+;;;. The molecule has 0 fully saturated rings. The summed E-state index contributed by atoms with van der Waals surface area (Å²) in [7, 11) is 0. The van der Waals surface area contributed by atoms with E-state index in [1.807, 2.05) is 52.0 Å². The lowest BCUT2D eigenvalue weighted by Crippen LogP contribution is -2.38. The van der Waals surface area contributed by atoms with Gasteiger partial charge in [0.25, 0.3) is 0 Å². The number of hydrogen-bond acceptors (Lipinski definition) is 13. The van der Waals surface area contributed by atoms with Gasteiger partial charge < -0.3 is 36.6 Å². The fourth-order valence-corrected chi connectivity index (χ4v) is 6.34. The molecule has 0 atom stereocenters. The number of nitrogens with one attached hydrogen (secondary N) is 3. The molecule has 0 spiro atoms. The van der Waals surface area contributed by atoms with Crippen LogP contribution in [0.2, 0.25) is 0 Å². The van der Waals surface area contributed by atoms with Gasteiger partial charge in [0.15, 0.2) is 0 Å². The van der Waals surface area contributed by atoms with Gasteiger partial charge in [-0.1, -0.05) is 72.2 Å². The maximum atomic E-state index is 11.4. The smallest absolute Gasteiger partial charge is 0.328 e.